The number of amides is 1. The predicted molar refractivity (Wildman–Crippen MR) is 277 cm³/mol. The molecule has 0 spiro atoms. The van der Waals surface area contributed by atoms with Gasteiger partial charge in [-0.25, -0.2) is 0 Å². The third kappa shape index (κ3) is 23.9. The maximum absolute atomic E-state index is 13.3. The van der Waals surface area contributed by atoms with Crippen molar-refractivity contribution in [2.75, 3.05) is 26.4 Å². The van der Waals surface area contributed by atoms with Gasteiger partial charge in [-0.1, -0.05) is 153 Å². The molecule has 3 saturated heterocycles. The first-order chi connectivity index (χ1) is 35.8. The van der Waals surface area contributed by atoms with Crippen molar-refractivity contribution in [1.82, 2.24) is 5.32 Å². The number of carbonyl (C=O) groups excluding carboxylic acids is 1. The maximum atomic E-state index is 13.3. The zero-order valence-corrected chi connectivity index (χ0v) is 44.6. The number of hydrogen-bond acceptors (Lipinski definition) is 18. The Kier molecular flexibility index (Phi) is 35.3. The van der Waals surface area contributed by atoms with Crippen LogP contribution in [0.3, 0.4) is 0 Å². The Balaban J connectivity index is 1.54. The molecule has 0 aromatic rings. The van der Waals surface area contributed by atoms with Gasteiger partial charge in [0.15, 0.2) is 18.9 Å². The van der Waals surface area contributed by atoms with Gasteiger partial charge < -0.3 is 89.9 Å². The fourth-order valence-electron chi connectivity index (χ4n) is 9.45. The van der Waals surface area contributed by atoms with Gasteiger partial charge in [0.25, 0.3) is 0 Å². The van der Waals surface area contributed by atoms with Crippen LogP contribution in [0.2, 0.25) is 0 Å². The molecule has 0 aliphatic carbocycles. The molecule has 19 heteroatoms. The van der Waals surface area contributed by atoms with Crippen molar-refractivity contribution < 1.29 is 89.4 Å². The molecule has 17 unspecified atom stereocenters. The highest BCUT2D eigenvalue weighted by Crippen LogP contribution is 2.33. The summed E-state index contributed by atoms with van der Waals surface area (Å²) in [6.07, 6.45) is 12.7. The van der Waals surface area contributed by atoms with Gasteiger partial charge in [0, 0.05) is 6.42 Å². The first-order valence-corrected chi connectivity index (χ1v) is 28.2. The fraction of sp³-hybridized carbons (Fsp3) is 0.873. The van der Waals surface area contributed by atoms with Gasteiger partial charge in [-0.05, 0) is 51.4 Å². The predicted octanol–water partition coefficient (Wildman–Crippen LogP) is 3.76. The van der Waals surface area contributed by atoms with Crippen LogP contribution in [0.5, 0.6) is 0 Å². The van der Waals surface area contributed by atoms with E-state index in [1.165, 1.54) is 77.0 Å². The first-order valence-electron chi connectivity index (χ1n) is 28.2. The molecule has 3 heterocycles. The molecule has 0 bridgehead atoms. The molecule has 3 aliphatic rings. The number of aliphatic hydroxyl groups excluding tert-OH is 11. The van der Waals surface area contributed by atoms with Crippen LogP contribution in [-0.2, 0) is 33.2 Å². The Morgan fingerprint density at radius 3 is 1.39 bits per heavy atom. The average molecular weight is 1060 g/mol. The molecule has 74 heavy (non-hydrogen) atoms. The van der Waals surface area contributed by atoms with E-state index in [1.54, 1.807) is 6.08 Å². The number of hydrogen-bond donors (Lipinski definition) is 12. The van der Waals surface area contributed by atoms with Crippen molar-refractivity contribution in [3.05, 3.63) is 36.5 Å². The van der Waals surface area contributed by atoms with Crippen LogP contribution >= 0.6 is 0 Å². The quantitative estimate of drug-likeness (QED) is 0.0307. The van der Waals surface area contributed by atoms with Crippen molar-refractivity contribution in [2.45, 2.75) is 279 Å². The van der Waals surface area contributed by atoms with Crippen molar-refractivity contribution in [3.63, 3.8) is 0 Å². The van der Waals surface area contributed by atoms with E-state index in [0.29, 0.717) is 6.42 Å². The van der Waals surface area contributed by atoms with Crippen LogP contribution in [-0.4, -0.2) is 193 Å². The fourth-order valence-corrected chi connectivity index (χ4v) is 9.45. The van der Waals surface area contributed by atoms with Gasteiger partial charge in [-0.3, -0.25) is 4.79 Å². The lowest BCUT2D eigenvalue weighted by atomic mass is 9.96. The highest BCUT2D eigenvalue weighted by molar-refractivity contribution is 5.76. The molecule has 0 saturated carbocycles. The van der Waals surface area contributed by atoms with Crippen LogP contribution in [0.15, 0.2) is 36.5 Å². The minimum Gasteiger partial charge on any atom is -0.394 e. The second-order valence-electron chi connectivity index (χ2n) is 20.4. The molecular weight excluding hydrogens is 963 g/mol. The van der Waals surface area contributed by atoms with Gasteiger partial charge in [0.2, 0.25) is 5.91 Å². The molecule has 12 N–H and O–H groups in total. The Labute approximate surface area is 440 Å². The van der Waals surface area contributed by atoms with Gasteiger partial charge in [-0.15, -0.1) is 0 Å². The van der Waals surface area contributed by atoms with Gasteiger partial charge >= 0.3 is 0 Å². The molecule has 432 valence electrons. The lowest BCUT2D eigenvalue weighted by molar-refractivity contribution is -0.379. The summed E-state index contributed by atoms with van der Waals surface area (Å²) < 4.78 is 34.2. The van der Waals surface area contributed by atoms with Crippen LogP contribution in [0.4, 0.5) is 0 Å². The van der Waals surface area contributed by atoms with Gasteiger partial charge in [-0.2, -0.15) is 0 Å². The highest BCUT2D eigenvalue weighted by Gasteiger charge is 2.53. The van der Waals surface area contributed by atoms with Crippen molar-refractivity contribution in [2.24, 2.45) is 0 Å². The minimum absolute atomic E-state index is 0.227. The molecule has 3 aliphatic heterocycles. The smallest absolute Gasteiger partial charge is 0.220 e. The molecule has 0 radical (unpaired) electrons. The van der Waals surface area contributed by atoms with E-state index in [4.69, 9.17) is 28.4 Å². The number of rotatable bonds is 40. The van der Waals surface area contributed by atoms with Gasteiger partial charge in [0.1, 0.15) is 73.2 Å². The Hall–Kier alpha value is -1.99. The van der Waals surface area contributed by atoms with E-state index in [-0.39, 0.29) is 18.9 Å². The normalized spacial score (nSPS) is 31.7. The van der Waals surface area contributed by atoms with E-state index in [1.807, 2.05) is 6.08 Å². The Bertz CT molecular complexity index is 1500. The number of carbonyl (C=O) groups is 1. The average Bonchev–Trinajstić information content (AvgIpc) is 3.40. The van der Waals surface area contributed by atoms with Crippen molar-refractivity contribution in [1.29, 1.82) is 0 Å². The lowest BCUT2D eigenvalue weighted by Crippen LogP contribution is -2.66. The summed E-state index contributed by atoms with van der Waals surface area (Å²) in [5.41, 5.74) is 0. The maximum Gasteiger partial charge on any atom is 0.220 e. The standard InChI is InChI=1S/C55H99NO18/c1-3-5-7-9-11-13-15-17-18-19-21-23-25-27-29-31-33-43(61)56-38(39(60)32-30-28-26-24-22-20-16-14-12-10-8-6-4-2)37-69-53-49(67)46(64)51(41(35-58)71-53)74-55-50(68)47(65)52(42(36-59)72-55)73-54-48(66)45(63)44(62)40(34-57)70-54/h13,15,18-19,30,32,38-42,44-55,57-60,62-68H,3-12,14,16-17,20-29,31,33-37H2,1-2H3,(H,56,61)/b15-13-,19-18-,32-30+. The van der Waals surface area contributed by atoms with E-state index in [2.05, 4.69) is 43.5 Å². The summed E-state index contributed by atoms with van der Waals surface area (Å²) in [4.78, 5) is 13.3. The Morgan fingerprint density at radius 1 is 0.486 bits per heavy atom. The second-order valence-corrected chi connectivity index (χ2v) is 20.4. The van der Waals surface area contributed by atoms with E-state index < -0.39 is 124 Å². The summed E-state index contributed by atoms with van der Waals surface area (Å²) in [7, 11) is 0. The van der Waals surface area contributed by atoms with E-state index >= 15 is 0 Å². The topological polar surface area (TPSA) is 307 Å². The summed E-state index contributed by atoms with van der Waals surface area (Å²) in [5, 5.41) is 120. The molecule has 1 amide bonds. The molecule has 17 atom stereocenters. The third-order valence-electron chi connectivity index (χ3n) is 14.2. The molecule has 0 aromatic carbocycles. The SMILES string of the molecule is CCCCCC/C=C\C/C=C\CCCCCCCC(=O)NC(COC1OC(CO)C(OC2OC(CO)C(OC3OC(CO)C(O)C(O)C3O)C(O)C2O)C(O)C1O)C(O)/C=C/CCCCCCCCCCCCC. The summed E-state index contributed by atoms with van der Waals surface area (Å²) in [6.45, 7) is 1.66. The summed E-state index contributed by atoms with van der Waals surface area (Å²) >= 11 is 0. The van der Waals surface area contributed by atoms with E-state index in [0.717, 1.165) is 70.6 Å². The second kappa shape index (κ2) is 39.4. The molecule has 3 fully saturated rings. The van der Waals surface area contributed by atoms with Crippen LogP contribution < -0.4 is 5.32 Å². The molecule has 3 rings (SSSR count). The summed E-state index contributed by atoms with van der Waals surface area (Å²) in [6, 6.07) is -0.978. The number of ether oxygens (including phenoxy) is 6. The third-order valence-corrected chi connectivity index (χ3v) is 14.2. The molecule has 19 nitrogen and oxygen atoms in total. The number of unbranched alkanes of at least 4 members (excludes halogenated alkanes) is 20. The Morgan fingerprint density at radius 2 is 0.892 bits per heavy atom. The molecular formula is C55H99NO18. The van der Waals surface area contributed by atoms with Crippen molar-refractivity contribution in [3.8, 4) is 0 Å². The number of allylic oxidation sites excluding steroid dienone is 5. The zero-order valence-electron chi connectivity index (χ0n) is 44.6. The van der Waals surface area contributed by atoms with Crippen molar-refractivity contribution >= 4 is 5.91 Å². The number of aliphatic hydroxyl groups is 11. The van der Waals surface area contributed by atoms with Crippen LogP contribution in [0.1, 0.15) is 174 Å². The summed E-state index contributed by atoms with van der Waals surface area (Å²) in [5.74, 6) is -0.292. The number of nitrogens with one attached hydrogen (secondary N) is 1. The minimum atomic E-state index is -1.98. The zero-order chi connectivity index (χ0) is 54.1. The largest absolute Gasteiger partial charge is 0.394 e. The van der Waals surface area contributed by atoms with Crippen LogP contribution in [0, 0.1) is 0 Å². The van der Waals surface area contributed by atoms with E-state index in [9.17, 15) is 61.0 Å². The highest BCUT2D eigenvalue weighted by atomic mass is 16.8. The van der Waals surface area contributed by atoms with Gasteiger partial charge in [0.05, 0.1) is 38.6 Å². The first kappa shape index (κ1) is 66.3. The molecule has 0 aromatic heterocycles. The monoisotopic (exact) mass is 1060 g/mol. The lowest BCUT2D eigenvalue weighted by Gasteiger charge is -2.48. The van der Waals surface area contributed by atoms with Crippen LogP contribution in [0.25, 0.3) is 0 Å².